The number of rotatable bonds is 6. The first-order valence-corrected chi connectivity index (χ1v) is 10.6. The summed E-state index contributed by atoms with van der Waals surface area (Å²) in [4.78, 5) is 27.8. The van der Waals surface area contributed by atoms with Crippen LogP contribution in [0.1, 0.15) is 56.9 Å². The summed E-state index contributed by atoms with van der Waals surface area (Å²) in [5.41, 5.74) is 1.32. The van der Waals surface area contributed by atoms with Crippen molar-refractivity contribution >= 4 is 12.0 Å². The molecule has 0 aromatic heterocycles. The number of piperidine rings is 1. The molecule has 0 bridgehead atoms. The van der Waals surface area contributed by atoms with Crippen LogP contribution in [0, 0.1) is 0 Å². The van der Waals surface area contributed by atoms with Gasteiger partial charge in [-0.1, -0.05) is 50.1 Å². The highest BCUT2D eigenvalue weighted by atomic mass is 16.4. The van der Waals surface area contributed by atoms with E-state index in [1.165, 1.54) is 12.0 Å². The van der Waals surface area contributed by atoms with Gasteiger partial charge in [-0.3, -0.25) is 9.69 Å². The molecule has 6 nitrogen and oxygen atoms in total. The minimum Gasteiger partial charge on any atom is -0.480 e. The zero-order valence-corrected chi connectivity index (χ0v) is 16.8. The fraction of sp³-hybridized carbons (Fsp3) is 0.636. The van der Waals surface area contributed by atoms with Crippen LogP contribution in [0.5, 0.6) is 0 Å². The van der Waals surface area contributed by atoms with Gasteiger partial charge in [-0.2, -0.15) is 0 Å². The molecular weight excluding hydrogens is 354 g/mol. The molecule has 6 heteroatoms. The maximum absolute atomic E-state index is 12.9. The van der Waals surface area contributed by atoms with Crippen LogP contribution in [0.25, 0.3) is 0 Å². The van der Waals surface area contributed by atoms with Crippen molar-refractivity contribution in [3.8, 4) is 0 Å². The Balaban J connectivity index is 1.54. The van der Waals surface area contributed by atoms with Gasteiger partial charge in [-0.15, -0.1) is 0 Å². The molecule has 1 aliphatic heterocycles. The van der Waals surface area contributed by atoms with Gasteiger partial charge in [0.05, 0.1) is 6.54 Å². The van der Waals surface area contributed by atoms with E-state index in [9.17, 15) is 9.59 Å². The predicted octanol–water partition coefficient (Wildman–Crippen LogP) is 3.29. The Hall–Kier alpha value is -2.08. The van der Waals surface area contributed by atoms with E-state index < -0.39 is 5.97 Å². The topological polar surface area (TPSA) is 72.9 Å². The fourth-order valence-corrected chi connectivity index (χ4v) is 4.76. The summed E-state index contributed by atoms with van der Waals surface area (Å²) < 4.78 is 0. The quantitative estimate of drug-likeness (QED) is 0.786. The van der Waals surface area contributed by atoms with Gasteiger partial charge in [-0.05, 0) is 37.8 Å². The molecule has 1 saturated carbocycles. The molecule has 0 spiro atoms. The Morgan fingerprint density at radius 3 is 2.43 bits per heavy atom. The van der Waals surface area contributed by atoms with Crippen molar-refractivity contribution in [3.63, 3.8) is 0 Å². The molecule has 2 fully saturated rings. The number of urea groups is 1. The van der Waals surface area contributed by atoms with Crippen molar-refractivity contribution in [1.29, 1.82) is 0 Å². The van der Waals surface area contributed by atoms with Crippen LogP contribution in [-0.4, -0.2) is 65.2 Å². The molecular formula is C22H33N3O3. The van der Waals surface area contributed by atoms with E-state index in [2.05, 4.69) is 29.6 Å². The molecule has 154 valence electrons. The van der Waals surface area contributed by atoms with Gasteiger partial charge < -0.3 is 15.3 Å². The maximum Gasteiger partial charge on any atom is 0.317 e. The van der Waals surface area contributed by atoms with E-state index in [0.29, 0.717) is 19.0 Å². The number of nitrogens with zero attached hydrogens (tertiary/aromatic N) is 2. The average molecular weight is 388 g/mol. The summed E-state index contributed by atoms with van der Waals surface area (Å²) in [6.45, 7) is 4.18. The van der Waals surface area contributed by atoms with Crippen molar-refractivity contribution in [1.82, 2.24) is 15.1 Å². The van der Waals surface area contributed by atoms with Gasteiger partial charge in [0.2, 0.25) is 0 Å². The number of benzene rings is 1. The van der Waals surface area contributed by atoms with Crippen LogP contribution in [-0.2, 0) is 4.79 Å². The number of likely N-dealkylation sites (tertiary alicyclic amines) is 1. The van der Waals surface area contributed by atoms with E-state index in [1.54, 1.807) is 0 Å². The second kappa shape index (κ2) is 9.92. The Morgan fingerprint density at radius 2 is 1.79 bits per heavy atom. The summed E-state index contributed by atoms with van der Waals surface area (Å²) in [7, 11) is 0. The number of nitrogens with one attached hydrogen (secondary N) is 1. The van der Waals surface area contributed by atoms with Gasteiger partial charge in [0.15, 0.2) is 0 Å². The summed E-state index contributed by atoms with van der Waals surface area (Å²) in [6, 6.07) is 11.0. The fourth-order valence-electron chi connectivity index (χ4n) is 4.76. The Kier molecular flexibility index (Phi) is 7.31. The molecule has 1 heterocycles. The lowest BCUT2D eigenvalue weighted by Gasteiger charge is -2.39. The number of carboxylic acids is 1. The monoisotopic (exact) mass is 387 g/mol. The number of hydrogen-bond acceptors (Lipinski definition) is 3. The summed E-state index contributed by atoms with van der Waals surface area (Å²) >= 11 is 0. The predicted molar refractivity (Wildman–Crippen MR) is 109 cm³/mol. The average Bonchev–Trinajstić information content (AvgIpc) is 2.73. The summed E-state index contributed by atoms with van der Waals surface area (Å²) in [5.74, 6) is -0.395. The van der Waals surface area contributed by atoms with Crippen LogP contribution in [0.15, 0.2) is 30.3 Å². The zero-order chi connectivity index (χ0) is 19.9. The molecule has 2 unspecified atom stereocenters. The Morgan fingerprint density at radius 1 is 1.11 bits per heavy atom. The molecule has 2 atom stereocenters. The van der Waals surface area contributed by atoms with E-state index in [0.717, 1.165) is 38.6 Å². The van der Waals surface area contributed by atoms with Gasteiger partial charge in [-0.25, -0.2) is 4.79 Å². The number of likely N-dealkylation sites (N-methyl/N-ethyl adjacent to an activating group) is 1. The highest BCUT2D eigenvalue weighted by Gasteiger charge is 2.31. The van der Waals surface area contributed by atoms with Crippen molar-refractivity contribution in [2.45, 2.75) is 63.5 Å². The molecule has 1 aromatic rings. The molecule has 1 aliphatic carbocycles. The van der Waals surface area contributed by atoms with Crippen LogP contribution < -0.4 is 5.32 Å². The number of carboxylic acid groups (broad SMARTS) is 1. The highest BCUT2D eigenvalue weighted by Crippen LogP contribution is 2.33. The molecule has 3 rings (SSSR count). The SMILES string of the molecule is CCN(CC(=O)O)C1CCN(C(=O)NC2CCCCC2c2ccccc2)CC1. The third-order valence-electron chi connectivity index (χ3n) is 6.32. The minimum atomic E-state index is -0.786. The largest absolute Gasteiger partial charge is 0.480 e. The first-order valence-electron chi connectivity index (χ1n) is 10.6. The minimum absolute atomic E-state index is 0.0348. The first-order chi connectivity index (χ1) is 13.6. The molecule has 2 aliphatic rings. The van der Waals surface area contributed by atoms with Gasteiger partial charge in [0.1, 0.15) is 0 Å². The summed E-state index contributed by atoms with van der Waals surface area (Å²) in [6.07, 6.45) is 6.20. The normalized spacial score (nSPS) is 23.6. The van der Waals surface area contributed by atoms with Crippen LogP contribution >= 0.6 is 0 Å². The van der Waals surface area contributed by atoms with E-state index in [1.807, 2.05) is 22.8 Å². The van der Waals surface area contributed by atoms with E-state index >= 15 is 0 Å². The third-order valence-corrected chi connectivity index (χ3v) is 6.32. The number of hydrogen-bond donors (Lipinski definition) is 2. The lowest BCUT2D eigenvalue weighted by atomic mass is 9.80. The van der Waals surface area contributed by atoms with Gasteiger partial charge >= 0.3 is 12.0 Å². The van der Waals surface area contributed by atoms with Crippen LogP contribution in [0.2, 0.25) is 0 Å². The molecule has 2 N–H and O–H groups in total. The third kappa shape index (κ3) is 5.25. The zero-order valence-electron chi connectivity index (χ0n) is 16.8. The molecule has 0 radical (unpaired) electrons. The maximum atomic E-state index is 12.9. The van der Waals surface area contributed by atoms with Crippen molar-refractivity contribution in [2.75, 3.05) is 26.2 Å². The van der Waals surface area contributed by atoms with Crippen LogP contribution in [0.4, 0.5) is 4.79 Å². The molecule has 2 amide bonds. The number of carbonyl (C=O) groups excluding carboxylic acids is 1. The standard InChI is InChI=1S/C22H33N3O3/c1-2-24(16-21(26)27)18-12-14-25(15-13-18)22(28)23-20-11-7-6-10-19(20)17-8-4-3-5-9-17/h3-5,8-9,18-20H,2,6-7,10-16H2,1H3,(H,23,28)(H,26,27). The van der Waals surface area contributed by atoms with E-state index in [-0.39, 0.29) is 24.7 Å². The van der Waals surface area contributed by atoms with Gasteiger partial charge in [0.25, 0.3) is 0 Å². The van der Waals surface area contributed by atoms with Gasteiger partial charge in [0, 0.05) is 31.1 Å². The molecule has 1 aromatic carbocycles. The second-order valence-electron chi connectivity index (χ2n) is 8.03. The number of amides is 2. The van der Waals surface area contributed by atoms with Crippen molar-refractivity contribution < 1.29 is 14.7 Å². The van der Waals surface area contributed by atoms with Crippen molar-refractivity contribution in [2.24, 2.45) is 0 Å². The number of aliphatic carboxylic acids is 1. The molecule has 28 heavy (non-hydrogen) atoms. The molecule has 1 saturated heterocycles. The Bertz CT molecular complexity index is 644. The lowest BCUT2D eigenvalue weighted by Crippen LogP contribution is -2.53. The lowest BCUT2D eigenvalue weighted by molar-refractivity contribution is -0.139. The van der Waals surface area contributed by atoms with Crippen LogP contribution in [0.3, 0.4) is 0 Å². The Labute approximate surface area is 167 Å². The number of carbonyl (C=O) groups is 2. The first kappa shape index (κ1) is 20.6. The smallest absolute Gasteiger partial charge is 0.317 e. The highest BCUT2D eigenvalue weighted by molar-refractivity contribution is 5.75. The van der Waals surface area contributed by atoms with Crippen molar-refractivity contribution in [3.05, 3.63) is 35.9 Å². The second-order valence-corrected chi connectivity index (χ2v) is 8.03. The van der Waals surface area contributed by atoms with E-state index in [4.69, 9.17) is 5.11 Å². The summed E-state index contributed by atoms with van der Waals surface area (Å²) in [5, 5.41) is 12.4.